The van der Waals surface area contributed by atoms with E-state index in [1.807, 2.05) is 9.80 Å². The van der Waals surface area contributed by atoms with E-state index in [2.05, 4.69) is 5.32 Å². The highest BCUT2D eigenvalue weighted by Crippen LogP contribution is 2.22. The maximum Gasteiger partial charge on any atom is 0.227 e. The first-order valence-electron chi connectivity index (χ1n) is 7.84. The largest absolute Gasteiger partial charge is 0.366 e. The number of amides is 1. The summed E-state index contributed by atoms with van der Waals surface area (Å²) in [6.45, 7) is 4.08. The first kappa shape index (κ1) is 15.2. The van der Waals surface area contributed by atoms with Crippen LogP contribution in [0.4, 0.5) is 14.5 Å². The van der Waals surface area contributed by atoms with E-state index in [4.69, 9.17) is 0 Å². The van der Waals surface area contributed by atoms with Crippen LogP contribution >= 0.6 is 0 Å². The van der Waals surface area contributed by atoms with Crippen molar-refractivity contribution >= 4 is 11.6 Å². The van der Waals surface area contributed by atoms with Crippen molar-refractivity contribution in [2.75, 3.05) is 44.2 Å². The Kier molecular flexibility index (Phi) is 4.57. The van der Waals surface area contributed by atoms with Crippen LogP contribution in [0.1, 0.15) is 12.8 Å². The number of nitrogens with one attached hydrogen (secondary N) is 1. The Hall–Kier alpha value is -1.69. The molecule has 6 heteroatoms. The first-order valence-corrected chi connectivity index (χ1v) is 7.84. The Morgan fingerprint density at radius 2 is 1.95 bits per heavy atom. The molecule has 1 aromatic rings. The van der Waals surface area contributed by atoms with Gasteiger partial charge < -0.3 is 15.1 Å². The number of hydrogen-bond acceptors (Lipinski definition) is 3. The summed E-state index contributed by atoms with van der Waals surface area (Å²) in [5, 5.41) is 3.26. The lowest BCUT2D eigenvalue weighted by Gasteiger charge is -2.38. The van der Waals surface area contributed by atoms with E-state index < -0.39 is 11.6 Å². The maximum absolute atomic E-state index is 13.8. The Labute approximate surface area is 129 Å². The van der Waals surface area contributed by atoms with Crippen molar-refractivity contribution in [3.8, 4) is 0 Å². The number of hydrogen-bond donors (Lipinski definition) is 1. The number of halogens is 2. The van der Waals surface area contributed by atoms with E-state index in [0.717, 1.165) is 32.0 Å². The number of piperidine rings is 1. The summed E-state index contributed by atoms with van der Waals surface area (Å²) < 4.78 is 26.8. The van der Waals surface area contributed by atoms with E-state index in [-0.39, 0.29) is 11.8 Å². The zero-order valence-corrected chi connectivity index (χ0v) is 12.5. The van der Waals surface area contributed by atoms with Crippen LogP contribution in [0.2, 0.25) is 0 Å². The number of rotatable bonds is 2. The molecule has 1 unspecified atom stereocenters. The van der Waals surface area contributed by atoms with Crippen LogP contribution in [0.25, 0.3) is 0 Å². The zero-order valence-electron chi connectivity index (χ0n) is 12.5. The van der Waals surface area contributed by atoms with Gasteiger partial charge in [-0.2, -0.15) is 0 Å². The molecule has 1 amide bonds. The van der Waals surface area contributed by atoms with Gasteiger partial charge in [0.25, 0.3) is 0 Å². The molecule has 2 fully saturated rings. The fourth-order valence-electron chi connectivity index (χ4n) is 3.23. The number of anilines is 1. The van der Waals surface area contributed by atoms with Gasteiger partial charge in [0.1, 0.15) is 11.6 Å². The van der Waals surface area contributed by atoms with Crippen LogP contribution in [0.5, 0.6) is 0 Å². The third kappa shape index (κ3) is 3.21. The number of carbonyl (C=O) groups excluding carboxylic acids is 1. The number of piperazine rings is 1. The van der Waals surface area contributed by atoms with Crippen molar-refractivity contribution in [3.05, 3.63) is 29.8 Å². The molecule has 3 rings (SSSR count). The monoisotopic (exact) mass is 309 g/mol. The molecule has 0 saturated carbocycles. The van der Waals surface area contributed by atoms with Crippen LogP contribution in [0.15, 0.2) is 18.2 Å². The number of nitrogens with zero attached hydrogens (tertiary/aromatic N) is 2. The van der Waals surface area contributed by atoms with Crippen molar-refractivity contribution in [2.24, 2.45) is 5.92 Å². The predicted molar refractivity (Wildman–Crippen MR) is 80.7 cm³/mol. The van der Waals surface area contributed by atoms with E-state index in [0.29, 0.717) is 31.9 Å². The minimum absolute atomic E-state index is 0.0721. The van der Waals surface area contributed by atoms with Crippen LogP contribution in [-0.2, 0) is 4.79 Å². The lowest BCUT2D eigenvalue weighted by atomic mass is 9.98. The lowest BCUT2D eigenvalue weighted by Crippen LogP contribution is -2.52. The van der Waals surface area contributed by atoms with Gasteiger partial charge in [-0.05, 0) is 31.5 Å². The molecule has 0 bridgehead atoms. The highest BCUT2D eigenvalue weighted by atomic mass is 19.1. The van der Waals surface area contributed by atoms with Gasteiger partial charge in [-0.25, -0.2) is 8.78 Å². The summed E-state index contributed by atoms with van der Waals surface area (Å²) >= 11 is 0. The highest BCUT2D eigenvalue weighted by Gasteiger charge is 2.29. The molecular weight excluding hydrogens is 288 g/mol. The summed E-state index contributed by atoms with van der Waals surface area (Å²) in [6.07, 6.45) is 1.98. The molecule has 1 atom stereocenters. The zero-order chi connectivity index (χ0) is 15.5. The first-order chi connectivity index (χ1) is 10.6. The second-order valence-electron chi connectivity index (χ2n) is 5.95. The van der Waals surface area contributed by atoms with E-state index in [1.165, 1.54) is 12.1 Å². The smallest absolute Gasteiger partial charge is 0.227 e. The molecule has 0 aromatic heterocycles. The minimum Gasteiger partial charge on any atom is -0.366 e. The van der Waals surface area contributed by atoms with Crippen molar-refractivity contribution in [1.29, 1.82) is 0 Å². The fraction of sp³-hybridized carbons (Fsp3) is 0.562. The topological polar surface area (TPSA) is 35.6 Å². The van der Waals surface area contributed by atoms with Crippen molar-refractivity contribution in [2.45, 2.75) is 12.8 Å². The molecular formula is C16H21F2N3O. The Morgan fingerprint density at radius 1 is 1.18 bits per heavy atom. The van der Waals surface area contributed by atoms with Gasteiger partial charge in [0.05, 0.1) is 11.6 Å². The van der Waals surface area contributed by atoms with Gasteiger partial charge in [-0.15, -0.1) is 0 Å². The fourth-order valence-corrected chi connectivity index (χ4v) is 3.23. The Balaban J connectivity index is 1.59. The SMILES string of the molecule is O=C(C1CCCNC1)N1CCN(c2ccc(F)cc2F)CC1. The molecule has 2 saturated heterocycles. The molecule has 4 nitrogen and oxygen atoms in total. The summed E-state index contributed by atoms with van der Waals surface area (Å²) in [7, 11) is 0. The van der Waals surface area contributed by atoms with Gasteiger partial charge in [0.2, 0.25) is 5.91 Å². The summed E-state index contributed by atoms with van der Waals surface area (Å²) in [5.41, 5.74) is 0.410. The highest BCUT2D eigenvalue weighted by molar-refractivity contribution is 5.79. The third-order valence-corrected chi connectivity index (χ3v) is 4.49. The minimum atomic E-state index is -0.570. The van der Waals surface area contributed by atoms with Crippen LogP contribution in [0, 0.1) is 17.6 Å². The Morgan fingerprint density at radius 3 is 2.59 bits per heavy atom. The molecule has 1 aromatic carbocycles. The van der Waals surface area contributed by atoms with E-state index >= 15 is 0 Å². The summed E-state index contributed by atoms with van der Waals surface area (Å²) in [4.78, 5) is 16.2. The predicted octanol–water partition coefficient (Wildman–Crippen LogP) is 1.61. The van der Waals surface area contributed by atoms with Gasteiger partial charge >= 0.3 is 0 Å². The maximum atomic E-state index is 13.8. The van der Waals surface area contributed by atoms with E-state index in [9.17, 15) is 13.6 Å². The Bertz CT molecular complexity index is 538. The normalized spacial score (nSPS) is 22.7. The molecule has 0 radical (unpaired) electrons. The third-order valence-electron chi connectivity index (χ3n) is 4.49. The second kappa shape index (κ2) is 6.60. The van der Waals surface area contributed by atoms with Crippen molar-refractivity contribution in [3.63, 3.8) is 0 Å². The van der Waals surface area contributed by atoms with E-state index in [1.54, 1.807) is 0 Å². The van der Waals surface area contributed by atoms with Gasteiger partial charge in [0.15, 0.2) is 0 Å². The van der Waals surface area contributed by atoms with Crippen LogP contribution in [0.3, 0.4) is 0 Å². The average Bonchev–Trinajstić information content (AvgIpc) is 2.55. The molecule has 2 aliphatic heterocycles. The van der Waals surface area contributed by atoms with Gasteiger partial charge in [-0.1, -0.05) is 0 Å². The summed E-state index contributed by atoms with van der Waals surface area (Å²) in [6, 6.07) is 3.64. The average molecular weight is 309 g/mol. The van der Waals surface area contributed by atoms with Crippen molar-refractivity contribution < 1.29 is 13.6 Å². The van der Waals surface area contributed by atoms with Crippen LogP contribution < -0.4 is 10.2 Å². The molecule has 2 heterocycles. The lowest BCUT2D eigenvalue weighted by molar-refractivity contribution is -0.136. The quantitative estimate of drug-likeness (QED) is 0.901. The molecule has 22 heavy (non-hydrogen) atoms. The van der Waals surface area contributed by atoms with Crippen LogP contribution in [-0.4, -0.2) is 50.1 Å². The number of carbonyl (C=O) groups is 1. The molecule has 1 N–H and O–H groups in total. The standard InChI is InChI=1S/C16H21F2N3O/c17-13-3-4-15(14(18)10-13)20-6-8-21(9-7-20)16(22)12-2-1-5-19-11-12/h3-4,10,12,19H,1-2,5-9,11H2. The molecule has 0 aliphatic carbocycles. The molecule has 120 valence electrons. The summed E-state index contributed by atoms with van der Waals surface area (Å²) in [5.74, 6) is -0.842. The molecule has 2 aliphatic rings. The van der Waals surface area contributed by atoms with Gasteiger partial charge in [0, 0.05) is 38.8 Å². The second-order valence-corrected chi connectivity index (χ2v) is 5.95. The number of benzene rings is 1. The molecule has 0 spiro atoms. The van der Waals surface area contributed by atoms with Crippen molar-refractivity contribution in [1.82, 2.24) is 10.2 Å². The van der Waals surface area contributed by atoms with Gasteiger partial charge in [-0.3, -0.25) is 4.79 Å².